The van der Waals surface area contributed by atoms with E-state index in [1.54, 1.807) is 40.6 Å². The van der Waals surface area contributed by atoms with E-state index >= 15 is 0 Å². The zero-order valence-electron chi connectivity index (χ0n) is 25.7. The average Bonchev–Trinajstić information content (AvgIpc) is 3.30. The number of ether oxygens (including phenoxy) is 4. The highest BCUT2D eigenvalue weighted by molar-refractivity contribution is 7.15. The van der Waals surface area contributed by atoms with E-state index < -0.39 is 0 Å². The van der Waals surface area contributed by atoms with Crippen molar-refractivity contribution >= 4 is 34.0 Å². The Bertz CT molecular complexity index is 1540. The number of carbonyl (C=O) groups is 2. The lowest BCUT2D eigenvalue weighted by Crippen LogP contribution is -2.26. The number of hydrogen-bond donors (Lipinski definition) is 3. The van der Waals surface area contributed by atoms with Gasteiger partial charge in [0.1, 0.15) is 11.6 Å². The van der Waals surface area contributed by atoms with E-state index in [1.165, 1.54) is 18.3 Å². The van der Waals surface area contributed by atoms with Crippen molar-refractivity contribution in [2.45, 2.75) is 58.1 Å². The third-order valence-corrected chi connectivity index (χ3v) is 8.11. The number of nitrogens with zero attached hydrogens (tertiary/aromatic N) is 2. The number of aryl methyl sites for hydroxylation is 1. The molecule has 3 aromatic rings. The predicted molar refractivity (Wildman–Crippen MR) is 169 cm³/mol. The normalized spacial score (nSPS) is 13.6. The van der Waals surface area contributed by atoms with Gasteiger partial charge in [0, 0.05) is 32.6 Å². The lowest BCUT2D eigenvalue weighted by atomic mass is 9.95. The molecular formula is C31H39N5O7S. The summed E-state index contributed by atoms with van der Waals surface area (Å²) in [7, 11) is 6.27. The molecule has 4 rings (SSSR count). The number of anilines is 2. The van der Waals surface area contributed by atoms with Gasteiger partial charge < -0.3 is 34.9 Å². The lowest BCUT2D eigenvalue weighted by Gasteiger charge is -2.19. The highest BCUT2D eigenvalue weighted by atomic mass is 32.1. The van der Waals surface area contributed by atoms with Gasteiger partial charge in [0.05, 0.1) is 33.1 Å². The number of aromatic nitrogens is 2. The monoisotopic (exact) mass is 625 g/mol. The average molecular weight is 626 g/mol. The number of rotatable bonds is 14. The summed E-state index contributed by atoms with van der Waals surface area (Å²) in [4.78, 5) is 37.8. The molecule has 1 aliphatic rings. The number of methoxy groups -OCH3 is 4. The summed E-state index contributed by atoms with van der Waals surface area (Å²) in [6, 6.07) is 6.81. The van der Waals surface area contributed by atoms with Crippen LogP contribution in [0, 0.1) is 0 Å². The van der Waals surface area contributed by atoms with Crippen molar-refractivity contribution < 1.29 is 28.5 Å². The lowest BCUT2D eigenvalue weighted by molar-refractivity contribution is -0.119. The first-order chi connectivity index (χ1) is 21.3. The molecule has 44 heavy (non-hydrogen) atoms. The van der Waals surface area contributed by atoms with Gasteiger partial charge in [0.25, 0.3) is 0 Å². The number of fused-ring (bicyclic) bond motifs is 3. The zero-order valence-corrected chi connectivity index (χ0v) is 26.5. The Morgan fingerprint density at radius 2 is 1.80 bits per heavy atom. The van der Waals surface area contributed by atoms with Crippen LogP contribution in [0.1, 0.15) is 61.2 Å². The highest BCUT2D eigenvalue weighted by Gasteiger charge is 2.29. The second kappa shape index (κ2) is 15.5. The minimum atomic E-state index is -0.373. The van der Waals surface area contributed by atoms with Gasteiger partial charge in [-0.1, -0.05) is 23.8 Å². The van der Waals surface area contributed by atoms with Gasteiger partial charge in [-0.2, -0.15) is 0 Å². The second-order valence-corrected chi connectivity index (χ2v) is 11.4. The van der Waals surface area contributed by atoms with Crippen molar-refractivity contribution in [3.8, 4) is 28.4 Å². The molecule has 1 aromatic heterocycles. The fourth-order valence-corrected chi connectivity index (χ4v) is 6.06. The van der Waals surface area contributed by atoms with Gasteiger partial charge in [0.2, 0.25) is 28.1 Å². The molecule has 0 saturated carbocycles. The van der Waals surface area contributed by atoms with E-state index in [1.807, 2.05) is 12.1 Å². The van der Waals surface area contributed by atoms with Crippen molar-refractivity contribution in [2.75, 3.05) is 45.6 Å². The van der Waals surface area contributed by atoms with Crippen molar-refractivity contribution in [3.63, 3.8) is 0 Å². The Labute approximate surface area is 260 Å². The smallest absolute Gasteiger partial charge is 0.226 e. The maximum atomic E-state index is 13.4. The third kappa shape index (κ3) is 7.83. The summed E-state index contributed by atoms with van der Waals surface area (Å²) >= 11 is 1.29. The van der Waals surface area contributed by atoms with Gasteiger partial charge >= 0.3 is 0 Å². The van der Waals surface area contributed by atoms with Crippen LogP contribution in [0.25, 0.3) is 11.1 Å². The van der Waals surface area contributed by atoms with Crippen LogP contribution in [0.2, 0.25) is 0 Å². The van der Waals surface area contributed by atoms with Crippen LogP contribution < -0.4 is 35.6 Å². The molecule has 0 fully saturated rings. The standard InChI is InChI=1S/C31H39N5O7S/c1-18(37)33-22-12-10-19-15-25(41-3)29(42-4)30(43-5)28(19)20-11-13-23(24(38)16-21(20)22)32-14-8-6-7-9-26(39)34-31-36-35-27(44-31)17-40-2/h11,13,15-16,22H,6-10,12,14,17H2,1-5H3,(H,32,38)(H,33,37)(H,34,36,39)/t22-/m1/s1. The SMILES string of the molecule is COCc1nnc(NC(=O)CCCCCNc2ccc3c(cc2=O)[C@H](NC(C)=O)CCc2cc(OC)c(OC)c(OC)c2-3)s1. The molecular weight excluding hydrogens is 586 g/mol. The van der Waals surface area contributed by atoms with E-state index in [2.05, 4.69) is 26.1 Å². The Balaban J connectivity index is 1.48. The van der Waals surface area contributed by atoms with Gasteiger partial charge in [-0.05, 0) is 60.6 Å². The molecule has 0 radical (unpaired) electrons. The molecule has 0 unspecified atom stereocenters. The van der Waals surface area contributed by atoms with Crippen LogP contribution in [0.15, 0.2) is 29.1 Å². The Morgan fingerprint density at radius 3 is 2.50 bits per heavy atom. The largest absolute Gasteiger partial charge is 0.493 e. The number of carbonyl (C=O) groups excluding carboxylic acids is 2. The van der Waals surface area contributed by atoms with Crippen LogP contribution in [-0.4, -0.2) is 57.0 Å². The number of unbranched alkanes of at least 4 members (excludes halogenated alkanes) is 2. The van der Waals surface area contributed by atoms with Crippen molar-refractivity contribution in [1.82, 2.24) is 15.5 Å². The molecule has 12 nitrogen and oxygen atoms in total. The summed E-state index contributed by atoms with van der Waals surface area (Å²) in [6.07, 6.45) is 3.83. The Hall–Kier alpha value is -4.23. The van der Waals surface area contributed by atoms with Crippen LogP contribution >= 0.6 is 11.3 Å². The fourth-order valence-electron chi connectivity index (χ4n) is 5.33. The topological polar surface area (TPSA) is 150 Å². The molecule has 0 aliphatic heterocycles. The summed E-state index contributed by atoms with van der Waals surface area (Å²) in [5.41, 5.74) is 3.51. The highest BCUT2D eigenvalue weighted by Crippen LogP contribution is 2.50. The second-order valence-electron chi connectivity index (χ2n) is 10.3. The van der Waals surface area contributed by atoms with Crippen LogP contribution in [-0.2, 0) is 27.4 Å². The maximum Gasteiger partial charge on any atom is 0.226 e. The van der Waals surface area contributed by atoms with Gasteiger partial charge in [-0.25, -0.2) is 0 Å². The van der Waals surface area contributed by atoms with Crippen LogP contribution in [0.5, 0.6) is 17.2 Å². The first kappa shape index (κ1) is 32.7. The van der Waals surface area contributed by atoms with E-state index in [9.17, 15) is 14.4 Å². The molecule has 2 aromatic carbocycles. The molecule has 1 aliphatic carbocycles. The molecule has 1 atom stereocenters. The quantitative estimate of drug-likeness (QED) is 0.219. The number of amides is 2. The van der Waals surface area contributed by atoms with Crippen LogP contribution in [0.3, 0.4) is 0 Å². The summed E-state index contributed by atoms with van der Waals surface area (Å²) in [5.74, 6) is 1.21. The minimum Gasteiger partial charge on any atom is -0.493 e. The van der Waals surface area contributed by atoms with Crippen molar-refractivity contribution in [2.24, 2.45) is 0 Å². The number of nitrogens with one attached hydrogen (secondary N) is 3. The van der Waals surface area contributed by atoms with E-state index in [-0.39, 0.29) is 23.3 Å². The minimum absolute atomic E-state index is 0.116. The molecule has 13 heteroatoms. The Morgan fingerprint density at radius 1 is 1.00 bits per heavy atom. The third-order valence-electron chi connectivity index (χ3n) is 7.29. The summed E-state index contributed by atoms with van der Waals surface area (Å²) in [5, 5.41) is 18.1. The zero-order chi connectivity index (χ0) is 31.6. The molecule has 2 amide bonds. The molecule has 0 saturated heterocycles. The van der Waals surface area contributed by atoms with E-state index in [0.717, 1.165) is 29.5 Å². The van der Waals surface area contributed by atoms with E-state index in [4.69, 9.17) is 18.9 Å². The first-order valence-corrected chi connectivity index (χ1v) is 15.2. The van der Waals surface area contributed by atoms with Gasteiger partial charge in [-0.3, -0.25) is 14.4 Å². The Kier molecular flexibility index (Phi) is 11.5. The molecule has 0 spiro atoms. The molecule has 0 bridgehead atoms. The first-order valence-electron chi connectivity index (χ1n) is 14.4. The molecule has 236 valence electrons. The molecule has 1 heterocycles. The van der Waals surface area contributed by atoms with Crippen LogP contribution in [0.4, 0.5) is 10.8 Å². The summed E-state index contributed by atoms with van der Waals surface area (Å²) < 4.78 is 22.1. The number of benzene rings is 1. The fraction of sp³-hybridized carbons (Fsp3) is 0.452. The van der Waals surface area contributed by atoms with E-state index in [0.29, 0.717) is 77.5 Å². The molecule has 3 N–H and O–H groups in total. The predicted octanol–water partition coefficient (Wildman–Crippen LogP) is 4.47. The number of hydrogen-bond acceptors (Lipinski definition) is 11. The summed E-state index contributed by atoms with van der Waals surface area (Å²) in [6.45, 7) is 2.38. The van der Waals surface area contributed by atoms with Crippen molar-refractivity contribution in [3.05, 3.63) is 50.6 Å². The maximum absolute atomic E-state index is 13.4. The van der Waals surface area contributed by atoms with Crippen molar-refractivity contribution in [1.29, 1.82) is 0 Å². The van der Waals surface area contributed by atoms with Gasteiger partial charge in [0.15, 0.2) is 11.5 Å². The van der Waals surface area contributed by atoms with Gasteiger partial charge in [-0.15, -0.1) is 10.2 Å².